The average molecular weight is 342 g/mol. The second-order valence-electron chi connectivity index (χ2n) is 6.67. The molecule has 1 saturated heterocycles. The van der Waals surface area contributed by atoms with Crippen molar-refractivity contribution in [2.75, 3.05) is 18.0 Å². The molecule has 0 spiro atoms. The molecule has 3 rings (SSSR count). The molecule has 1 amide bonds. The standard InChI is InChI=1S/C19H23FN4O/c1-13(2)22-19(25)14-7-10-24(11-8-14)17-6-9-21-18(23-17)15-4-3-5-16(20)12-15/h3-6,9,12-14H,7-8,10-11H2,1-2H3,(H,22,25). The van der Waals surface area contributed by atoms with Crippen molar-refractivity contribution in [3.63, 3.8) is 0 Å². The zero-order valence-electron chi connectivity index (χ0n) is 14.6. The quantitative estimate of drug-likeness (QED) is 0.928. The van der Waals surface area contributed by atoms with Crippen LogP contribution in [0.2, 0.25) is 0 Å². The summed E-state index contributed by atoms with van der Waals surface area (Å²) in [5.41, 5.74) is 0.660. The summed E-state index contributed by atoms with van der Waals surface area (Å²) in [5, 5.41) is 2.98. The molecule has 1 aromatic carbocycles. The Morgan fingerprint density at radius 1 is 1.28 bits per heavy atom. The summed E-state index contributed by atoms with van der Waals surface area (Å²) < 4.78 is 13.4. The number of carbonyl (C=O) groups is 1. The number of aromatic nitrogens is 2. The molecule has 0 saturated carbocycles. The maximum atomic E-state index is 13.4. The first kappa shape index (κ1) is 17.3. The number of piperidine rings is 1. The summed E-state index contributed by atoms with van der Waals surface area (Å²) >= 11 is 0. The van der Waals surface area contributed by atoms with Crippen LogP contribution in [0.15, 0.2) is 36.5 Å². The number of rotatable bonds is 4. The zero-order chi connectivity index (χ0) is 17.8. The van der Waals surface area contributed by atoms with E-state index in [0.29, 0.717) is 11.4 Å². The molecule has 1 N–H and O–H groups in total. The van der Waals surface area contributed by atoms with Gasteiger partial charge in [0.05, 0.1) is 0 Å². The van der Waals surface area contributed by atoms with Crippen molar-refractivity contribution in [1.29, 1.82) is 0 Å². The number of halogens is 1. The van der Waals surface area contributed by atoms with Crippen LogP contribution in [0.1, 0.15) is 26.7 Å². The van der Waals surface area contributed by atoms with Crippen molar-refractivity contribution in [2.24, 2.45) is 5.92 Å². The van der Waals surface area contributed by atoms with Gasteiger partial charge in [-0.05, 0) is 44.9 Å². The van der Waals surface area contributed by atoms with E-state index in [1.165, 1.54) is 12.1 Å². The SMILES string of the molecule is CC(C)NC(=O)C1CCN(c2ccnc(-c3cccc(F)c3)n2)CC1. The number of nitrogens with zero attached hydrogens (tertiary/aromatic N) is 3. The highest BCUT2D eigenvalue weighted by Crippen LogP contribution is 2.24. The predicted molar refractivity (Wildman–Crippen MR) is 95.6 cm³/mol. The number of benzene rings is 1. The lowest BCUT2D eigenvalue weighted by molar-refractivity contribution is -0.126. The number of nitrogens with one attached hydrogen (secondary N) is 1. The molecule has 1 aliphatic heterocycles. The first-order chi connectivity index (χ1) is 12.0. The van der Waals surface area contributed by atoms with Crippen LogP contribution < -0.4 is 10.2 Å². The molecule has 0 unspecified atom stereocenters. The van der Waals surface area contributed by atoms with Gasteiger partial charge in [0.25, 0.3) is 0 Å². The Bertz CT molecular complexity index is 742. The van der Waals surface area contributed by atoms with E-state index in [1.54, 1.807) is 18.3 Å². The van der Waals surface area contributed by atoms with Crippen molar-refractivity contribution in [3.8, 4) is 11.4 Å². The lowest BCUT2D eigenvalue weighted by Crippen LogP contribution is -2.42. The first-order valence-corrected chi connectivity index (χ1v) is 8.67. The normalized spacial score (nSPS) is 15.4. The first-order valence-electron chi connectivity index (χ1n) is 8.67. The topological polar surface area (TPSA) is 58.1 Å². The minimum absolute atomic E-state index is 0.0585. The highest BCUT2D eigenvalue weighted by Gasteiger charge is 2.26. The molecule has 25 heavy (non-hydrogen) atoms. The van der Waals surface area contributed by atoms with E-state index in [2.05, 4.69) is 20.2 Å². The van der Waals surface area contributed by atoms with E-state index in [0.717, 1.165) is 31.7 Å². The molecule has 0 aliphatic carbocycles. The molecular formula is C19H23FN4O. The van der Waals surface area contributed by atoms with Crippen LogP contribution in [0, 0.1) is 11.7 Å². The van der Waals surface area contributed by atoms with Gasteiger partial charge in [-0.2, -0.15) is 0 Å². The predicted octanol–water partition coefficient (Wildman–Crippen LogP) is 3.02. The van der Waals surface area contributed by atoms with Crippen LogP contribution in [0.25, 0.3) is 11.4 Å². The second-order valence-corrected chi connectivity index (χ2v) is 6.67. The van der Waals surface area contributed by atoms with Crippen molar-refractivity contribution < 1.29 is 9.18 Å². The van der Waals surface area contributed by atoms with Gasteiger partial charge in [-0.1, -0.05) is 12.1 Å². The molecule has 1 fully saturated rings. The molecule has 0 radical (unpaired) electrons. The van der Waals surface area contributed by atoms with Crippen molar-refractivity contribution in [3.05, 3.63) is 42.3 Å². The Morgan fingerprint density at radius 2 is 2.04 bits per heavy atom. The third kappa shape index (κ3) is 4.32. The highest BCUT2D eigenvalue weighted by atomic mass is 19.1. The monoisotopic (exact) mass is 342 g/mol. The Labute approximate surface area is 147 Å². The number of carbonyl (C=O) groups excluding carboxylic acids is 1. The molecule has 0 bridgehead atoms. The van der Waals surface area contributed by atoms with E-state index in [9.17, 15) is 9.18 Å². The third-order valence-electron chi connectivity index (χ3n) is 4.34. The Kier molecular flexibility index (Phi) is 5.26. The third-order valence-corrected chi connectivity index (χ3v) is 4.34. The minimum Gasteiger partial charge on any atom is -0.356 e. The summed E-state index contributed by atoms with van der Waals surface area (Å²) in [7, 11) is 0. The summed E-state index contributed by atoms with van der Waals surface area (Å²) in [4.78, 5) is 23.1. The van der Waals surface area contributed by atoms with Gasteiger partial charge in [0, 0.05) is 36.8 Å². The van der Waals surface area contributed by atoms with Crippen molar-refractivity contribution >= 4 is 11.7 Å². The van der Waals surface area contributed by atoms with Gasteiger partial charge in [-0.15, -0.1) is 0 Å². The van der Waals surface area contributed by atoms with E-state index in [1.807, 2.05) is 19.9 Å². The number of anilines is 1. The van der Waals surface area contributed by atoms with Gasteiger partial charge in [-0.3, -0.25) is 4.79 Å². The number of hydrogen-bond acceptors (Lipinski definition) is 4. The second kappa shape index (κ2) is 7.59. The van der Waals surface area contributed by atoms with E-state index < -0.39 is 0 Å². The van der Waals surface area contributed by atoms with Gasteiger partial charge in [0.2, 0.25) is 5.91 Å². The fourth-order valence-corrected chi connectivity index (χ4v) is 3.07. The summed E-state index contributed by atoms with van der Waals surface area (Å²) in [6.45, 7) is 5.50. The maximum Gasteiger partial charge on any atom is 0.223 e. The van der Waals surface area contributed by atoms with Gasteiger partial charge < -0.3 is 10.2 Å². The lowest BCUT2D eigenvalue weighted by atomic mass is 9.95. The van der Waals surface area contributed by atoms with Crippen molar-refractivity contribution in [2.45, 2.75) is 32.7 Å². The van der Waals surface area contributed by atoms with Gasteiger partial charge in [0.1, 0.15) is 11.6 Å². The zero-order valence-corrected chi connectivity index (χ0v) is 14.6. The number of hydrogen-bond donors (Lipinski definition) is 1. The molecule has 1 aromatic heterocycles. The maximum absolute atomic E-state index is 13.4. The molecule has 1 aliphatic rings. The molecule has 132 valence electrons. The molecular weight excluding hydrogens is 319 g/mol. The van der Waals surface area contributed by atoms with E-state index in [4.69, 9.17) is 0 Å². The van der Waals surface area contributed by atoms with E-state index in [-0.39, 0.29) is 23.7 Å². The summed E-state index contributed by atoms with van der Waals surface area (Å²) in [5.74, 6) is 1.22. The van der Waals surface area contributed by atoms with Crippen LogP contribution in [-0.4, -0.2) is 35.0 Å². The van der Waals surface area contributed by atoms with Gasteiger partial charge in [-0.25, -0.2) is 14.4 Å². The van der Waals surface area contributed by atoms with Crippen LogP contribution in [0.5, 0.6) is 0 Å². The Morgan fingerprint density at radius 3 is 2.72 bits per heavy atom. The van der Waals surface area contributed by atoms with Crippen LogP contribution in [0.3, 0.4) is 0 Å². The lowest BCUT2D eigenvalue weighted by Gasteiger charge is -2.32. The molecule has 2 heterocycles. The minimum atomic E-state index is -0.302. The molecule has 2 aromatic rings. The highest BCUT2D eigenvalue weighted by molar-refractivity contribution is 5.79. The smallest absolute Gasteiger partial charge is 0.223 e. The van der Waals surface area contributed by atoms with Crippen LogP contribution in [0.4, 0.5) is 10.2 Å². The average Bonchev–Trinajstić information content (AvgIpc) is 2.61. The summed E-state index contributed by atoms with van der Waals surface area (Å²) in [6, 6.07) is 8.31. The Balaban J connectivity index is 1.68. The van der Waals surface area contributed by atoms with Gasteiger partial charge in [0.15, 0.2) is 5.82 Å². The van der Waals surface area contributed by atoms with Crippen LogP contribution >= 0.6 is 0 Å². The fraction of sp³-hybridized carbons (Fsp3) is 0.421. The van der Waals surface area contributed by atoms with Crippen LogP contribution in [-0.2, 0) is 4.79 Å². The van der Waals surface area contributed by atoms with Gasteiger partial charge >= 0.3 is 0 Å². The summed E-state index contributed by atoms with van der Waals surface area (Å²) in [6.07, 6.45) is 3.30. The van der Waals surface area contributed by atoms with E-state index >= 15 is 0 Å². The molecule has 0 atom stereocenters. The van der Waals surface area contributed by atoms with Crippen molar-refractivity contribution in [1.82, 2.24) is 15.3 Å². The number of amides is 1. The fourth-order valence-electron chi connectivity index (χ4n) is 3.07. The Hall–Kier alpha value is -2.50. The molecule has 5 nitrogen and oxygen atoms in total. The molecule has 6 heteroatoms. The largest absolute Gasteiger partial charge is 0.356 e.